The third-order valence-electron chi connectivity index (χ3n) is 16.7. The van der Waals surface area contributed by atoms with Gasteiger partial charge in [0.25, 0.3) is 0 Å². The molecule has 0 atom stereocenters. The lowest BCUT2D eigenvalue weighted by molar-refractivity contribution is 0.107. The van der Waals surface area contributed by atoms with Crippen LogP contribution >= 0.6 is 23.1 Å². The molecule has 0 fully saturated rings. The molecule has 0 bridgehead atoms. The summed E-state index contributed by atoms with van der Waals surface area (Å²) in [5.74, 6) is 0.752. The fraction of sp³-hybridized carbons (Fsp3) is 0.210. The van der Waals surface area contributed by atoms with Gasteiger partial charge in [0.1, 0.15) is 5.00 Å². The second-order valence-corrected chi connectivity index (χ2v) is 25.0. The maximum absolute atomic E-state index is 6.30. The zero-order valence-corrected chi connectivity index (χ0v) is 53.3. The molecule has 2 heterocycles. The van der Waals surface area contributed by atoms with Crippen LogP contribution in [0.2, 0.25) is 0 Å². The third-order valence-corrected chi connectivity index (χ3v) is 19.1. The van der Waals surface area contributed by atoms with E-state index in [4.69, 9.17) is 18.9 Å². The normalized spacial score (nSPS) is 12.7. The number of thioether (sulfide) groups is 1. The van der Waals surface area contributed by atoms with Crippen molar-refractivity contribution in [3.8, 4) is 0 Å². The standard InChI is InChI=1S/C81H78N2O4S2/c1-5-59-21-27-63(28-22-59)50-85-53-66-33-41-70(42-34-66)82(71-43-35-67(36-44-71)54-86-51-64-29-23-60(6-2)24-30-64)78-57-88-79(75-15-12-11-13-74(75)78)80-76-14-9-8-10-16-77(76)81(89-80)83(72-45-37-68(38-46-72)55-84-49-62-19-17-58(4)18-20-62)73-47-39-69(40-48-73)56-87-52-65-31-25-61(7-3)26-32-65/h9-48H,5-8,49-57H2,1-4H3. The molecule has 1 aliphatic heterocycles. The first-order valence-corrected chi connectivity index (χ1v) is 33.2. The maximum Gasteiger partial charge on any atom is 0.109 e. The quantitative estimate of drug-likeness (QED) is 0.0535. The van der Waals surface area contributed by atoms with E-state index in [2.05, 4.69) is 280 Å². The number of hydrogen-bond acceptors (Lipinski definition) is 8. The summed E-state index contributed by atoms with van der Waals surface area (Å²) >= 11 is 3.81. The molecule has 0 radical (unpaired) electrons. The molecule has 0 N–H and O–H groups in total. The van der Waals surface area contributed by atoms with Crippen molar-refractivity contribution in [1.29, 1.82) is 0 Å². The average molecular weight is 1210 g/mol. The molecule has 2 aliphatic rings. The van der Waals surface area contributed by atoms with Crippen molar-refractivity contribution in [1.82, 2.24) is 0 Å². The number of thiophene rings is 1. The van der Waals surface area contributed by atoms with Crippen molar-refractivity contribution in [3.63, 3.8) is 0 Å². The van der Waals surface area contributed by atoms with Crippen LogP contribution in [-0.2, 0) is 91.1 Å². The fourth-order valence-corrected chi connectivity index (χ4v) is 14.1. The smallest absolute Gasteiger partial charge is 0.109 e. The van der Waals surface area contributed by atoms with Crippen LogP contribution in [0, 0.1) is 6.92 Å². The Hall–Kier alpha value is -8.31. The van der Waals surface area contributed by atoms with E-state index in [1.54, 1.807) is 0 Å². The summed E-state index contributed by atoms with van der Waals surface area (Å²) in [6, 6.07) is 79.6. The van der Waals surface area contributed by atoms with Gasteiger partial charge in [0.05, 0.1) is 57.7 Å². The van der Waals surface area contributed by atoms with Gasteiger partial charge >= 0.3 is 0 Å². The zero-order chi connectivity index (χ0) is 60.7. The SMILES string of the molecule is CCc1ccc(COCc2ccc(N(C3=c4ccccc4=C(c4sc(N(c5ccc(COCc6ccc(C)cc6)cc5)c5ccc(COCc6ccc(CC)cc6)cc5)c5c4C=CCC=C5)SC3)c3ccc(COCc4ccc(CC)cc4)cc3)cc2)cc1. The molecule has 0 unspecified atom stereocenters. The van der Waals surface area contributed by atoms with E-state index < -0.39 is 0 Å². The van der Waals surface area contributed by atoms with Gasteiger partial charge in [0, 0.05) is 55.5 Å². The van der Waals surface area contributed by atoms with E-state index in [0.29, 0.717) is 52.9 Å². The molecule has 0 saturated carbocycles. The molecule has 10 aromatic rings. The fourth-order valence-electron chi connectivity index (χ4n) is 11.4. The van der Waals surface area contributed by atoms with Crippen LogP contribution in [0.15, 0.2) is 231 Å². The number of ether oxygens (including phenoxy) is 4. The van der Waals surface area contributed by atoms with Crippen LogP contribution < -0.4 is 20.2 Å². The van der Waals surface area contributed by atoms with E-state index in [1.807, 2.05) is 23.1 Å². The highest BCUT2D eigenvalue weighted by atomic mass is 32.2. The molecule has 12 rings (SSSR count). The zero-order valence-electron chi connectivity index (χ0n) is 51.6. The number of aryl methyl sites for hydroxylation is 4. The molecule has 448 valence electrons. The van der Waals surface area contributed by atoms with Crippen LogP contribution in [0.4, 0.5) is 27.8 Å². The molecule has 1 aromatic heterocycles. The summed E-state index contributed by atoms with van der Waals surface area (Å²) in [4.78, 5) is 7.45. The molecular formula is C81H78N2O4S2. The molecule has 1 aliphatic carbocycles. The first kappa shape index (κ1) is 61.0. The predicted molar refractivity (Wildman–Crippen MR) is 373 cm³/mol. The van der Waals surface area contributed by atoms with Crippen molar-refractivity contribution in [2.45, 2.75) is 106 Å². The lowest BCUT2D eigenvalue weighted by Crippen LogP contribution is -2.37. The van der Waals surface area contributed by atoms with Crippen molar-refractivity contribution in [2.75, 3.05) is 15.6 Å². The van der Waals surface area contributed by atoms with Crippen LogP contribution in [-0.4, -0.2) is 5.75 Å². The van der Waals surface area contributed by atoms with Crippen LogP contribution in [0.1, 0.15) is 110 Å². The van der Waals surface area contributed by atoms with Crippen molar-refractivity contribution in [3.05, 3.63) is 324 Å². The van der Waals surface area contributed by atoms with Gasteiger partial charge in [0.15, 0.2) is 0 Å². The second kappa shape index (κ2) is 29.8. The highest BCUT2D eigenvalue weighted by molar-refractivity contribution is 8.08. The Labute approximate surface area is 534 Å². The second-order valence-electron chi connectivity index (χ2n) is 23.0. The Bertz CT molecular complexity index is 4040. The topological polar surface area (TPSA) is 43.4 Å². The van der Waals surface area contributed by atoms with Crippen molar-refractivity contribution >= 4 is 73.6 Å². The highest BCUT2D eigenvalue weighted by Crippen LogP contribution is 2.50. The van der Waals surface area contributed by atoms with Gasteiger partial charge in [-0.05, 0) is 148 Å². The molecule has 0 spiro atoms. The summed E-state index contributed by atoms with van der Waals surface area (Å²) < 4.78 is 25.2. The van der Waals surface area contributed by atoms with Gasteiger partial charge in [-0.3, -0.25) is 0 Å². The molecular weight excluding hydrogens is 1130 g/mol. The molecule has 89 heavy (non-hydrogen) atoms. The minimum absolute atomic E-state index is 0.522. The largest absolute Gasteiger partial charge is 0.372 e. The first-order chi connectivity index (χ1) is 43.9. The van der Waals surface area contributed by atoms with Gasteiger partial charge in [0.2, 0.25) is 0 Å². The van der Waals surface area contributed by atoms with Crippen LogP contribution in [0.25, 0.3) is 22.8 Å². The summed E-state index contributed by atoms with van der Waals surface area (Å²) in [5, 5.41) is 3.61. The van der Waals surface area contributed by atoms with Gasteiger partial charge in [-0.15, -0.1) is 23.1 Å². The molecule has 9 aromatic carbocycles. The lowest BCUT2D eigenvalue weighted by atomic mass is 10.1. The third kappa shape index (κ3) is 15.2. The van der Waals surface area contributed by atoms with Gasteiger partial charge in [-0.25, -0.2) is 0 Å². The number of anilines is 5. The van der Waals surface area contributed by atoms with Gasteiger partial charge in [-0.2, -0.15) is 0 Å². The number of hydrogen-bond donors (Lipinski definition) is 0. The predicted octanol–water partition coefficient (Wildman–Crippen LogP) is 19.4. The lowest BCUT2D eigenvalue weighted by Gasteiger charge is -2.30. The average Bonchev–Trinajstić information content (AvgIpc) is 1.99. The number of fused-ring (bicyclic) bond motifs is 2. The maximum atomic E-state index is 6.30. The minimum Gasteiger partial charge on any atom is -0.372 e. The summed E-state index contributed by atoms with van der Waals surface area (Å²) in [6.45, 7) is 13.0. The molecule has 6 nitrogen and oxygen atoms in total. The Morgan fingerprint density at radius 2 is 0.663 bits per heavy atom. The van der Waals surface area contributed by atoms with Gasteiger partial charge < -0.3 is 28.7 Å². The summed E-state index contributed by atoms with van der Waals surface area (Å²) in [5.41, 5.74) is 22.5. The minimum atomic E-state index is 0.522. The van der Waals surface area contributed by atoms with E-state index >= 15 is 0 Å². The van der Waals surface area contributed by atoms with Crippen molar-refractivity contribution < 1.29 is 18.9 Å². The molecule has 0 amide bonds. The van der Waals surface area contributed by atoms with E-state index in [-0.39, 0.29) is 0 Å². The Morgan fingerprint density at radius 1 is 0.348 bits per heavy atom. The molecule has 0 saturated heterocycles. The van der Waals surface area contributed by atoms with Crippen LogP contribution in [0.5, 0.6) is 0 Å². The number of nitrogens with zero attached hydrogens (tertiary/aromatic N) is 2. The van der Waals surface area contributed by atoms with E-state index in [1.165, 1.54) is 86.6 Å². The Kier molecular flexibility index (Phi) is 20.4. The highest BCUT2D eigenvalue weighted by Gasteiger charge is 2.28. The number of allylic oxidation sites excluding steroid dienone is 2. The van der Waals surface area contributed by atoms with Crippen LogP contribution in [0.3, 0.4) is 0 Å². The Morgan fingerprint density at radius 3 is 1.03 bits per heavy atom. The van der Waals surface area contributed by atoms with Crippen molar-refractivity contribution in [2.24, 2.45) is 0 Å². The van der Waals surface area contributed by atoms with E-state index in [9.17, 15) is 0 Å². The first-order valence-electron chi connectivity index (χ1n) is 31.4. The van der Waals surface area contributed by atoms with E-state index in [0.717, 1.165) is 76.4 Å². The monoisotopic (exact) mass is 1210 g/mol. The van der Waals surface area contributed by atoms with Gasteiger partial charge in [-0.1, -0.05) is 220 Å². The summed E-state index contributed by atoms with van der Waals surface area (Å²) in [7, 11) is 0. The molecule has 8 heteroatoms. The number of benzene rings is 9. The number of rotatable bonds is 26. The Balaban J connectivity index is 0.893. The summed E-state index contributed by atoms with van der Waals surface area (Å²) in [6.07, 6.45) is 13.2.